The summed E-state index contributed by atoms with van der Waals surface area (Å²) < 4.78 is 5.66. The van der Waals surface area contributed by atoms with E-state index in [-0.39, 0.29) is 11.8 Å². The third-order valence-corrected chi connectivity index (χ3v) is 4.27. The van der Waals surface area contributed by atoms with Gasteiger partial charge in [-0.2, -0.15) is 0 Å². The van der Waals surface area contributed by atoms with Gasteiger partial charge in [0.1, 0.15) is 12.4 Å². The standard InChI is InChI=1S/C15H19N3O4/c16-14(19)11-7-10-1-2-12(8-13(10)22-9-11)17-3-5-18(6-4-17)15(20)21/h1-2,8,11H,3-7,9H2,(H2,16,19)(H,20,21). The average molecular weight is 305 g/mol. The van der Waals surface area contributed by atoms with Gasteiger partial charge in [0.15, 0.2) is 0 Å². The molecule has 3 rings (SSSR count). The van der Waals surface area contributed by atoms with E-state index < -0.39 is 6.09 Å². The third-order valence-electron chi connectivity index (χ3n) is 4.27. The van der Waals surface area contributed by atoms with E-state index in [0.717, 1.165) is 17.0 Å². The topological polar surface area (TPSA) is 96.1 Å². The Bertz CT molecular complexity index is 596. The van der Waals surface area contributed by atoms with Crippen molar-refractivity contribution in [3.05, 3.63) is 23.8 Å². The fourth-order valence-corrected chi connectivity index (χ4v) is 2.90. The van der Waals surface area contributed by atoms with Crippen LogP contribution in [0.5, 0.6) is 5.75 Å². The predicted octanol–water partition coefficient (Wildman–Crippen LogP) is 0.523. The van der Waals surface area contributed by atoms with Crippen molar-refractivity contribution in [3.63, 3.8) is 0 Å². The Morgan fingerprint density at radius 3 is 2.59 bits per heavy atom. The number of nitrogens with two attached hydrogens (primary N) is 1. The Hall–Kier alpha value is -2.44. The number of nitrogens with zero attached hydrogens (tertiary/aromatic N) is 2. The van der Waals surface area contributed by atoms with Gasteiger partial charge in [0, 0.05) is 37.9 Å². The van der Waals surface area contributed by atoms with Gasteiger partial charge in [-0.05, 0) is 18.1 Å². The van der Waals surface area contributed by atoms with E-state index >= 15 is 0 Å². The van der Waals surface area contributed by atoms with Crippen molar-refractivity contribution in [2.75, 3.05) is 37.7 Å². The Morgan fingerprint density at radius 1 is 1.23 bits per heavy atom. The molecule has 118 valence electrons. The van der Waals surface area contributed by atoms with Crippen LogP contribution in [-0.4, -0.2) is 54.8 Å². The number of benzene rings is 1. The fraction of sp³-hybridized carbons (Fsp3) is 0.467. The van der Waals surface area contributed by atoms with Crippen molar-refractivity contribution in [2.45, 2.75) is 6.42 Å². The SMILES string of the molecule is NC(=O)C1COc2cc(N3CCN(C(=O)O)CC3)ccc2C1. The molecule has 0 saturated carbocycles. The van der Waals surface area contributed by atoms with Gasteiger partial charge in [-0.3, -0.25) is 4.79 Å². The number of carboxylic acid groups (broad SMARTS) is 1. The summed E-state index contributed by atoms with van der Waals surface area (Å²) in [6.07, 6.45) is -0.261. The minimum Gasteiger partial charge on any atom is -0.492 e. The molecule has 22 heavy (non-hydrogen) atoms. The van der Waals surface area contributed by atoms with Crippen molar-refractivity contribution in [3.8, 4) is 5.75 Å². The summed E-state index contributed by atoms with van der Waals surface area (Å²) in [7, 11) is 0. The van der Waals surface area contributed by atoms with E-state index in [0.29, 0.717) is 39.2 Å². The molecule has 2 amide bonds. The van der Waals surface area contributed by atoms with E-state index in [1.807, 2.05) is 18.2 Å². The van der Waals surface area contributed by atoms with Crippen LogP contribution in [0.1, 0.15) is 5.56 Å². The van der Waals surface area contributed by atoms with Crippen molar-refractivity contribution in [1.29, 1.82) is 0 Å². The van der Waals surface area contributed by atoms with Crippen LogP contribution in [0, 0.1) is 5.92 Å². The molecule has 7 heteroatoms. The van der Waals surface area contributed by atoms with E-state index in [1.165, 1.54) is 4.90 Å². The number of hydrogen-bond acceptors (Lipinski definition) is 4. The molecule has 0 aromatic heterocycles. The maximum absolute atomic E-state index is 11.2. The first-order valence-corrected chi connectivity index (χ1v) is 7.32. The number of anilines is 1. The smallest absolute Gasteiger partial charge is 0.407 e. The van der Waals surface area contributed by atoms with E-state index in [2.05, 4.69) is 4.90 Å². The molecule has 0 spiro atoms. The van der Waals surface area contributed by atoms with Gasteiger partial charge in [-0.1, -0.05) is 6.07 Å². The molecule has 1 fully saturated rings. The zero-order valence-electron chi connectivity index (χ0n) is 12.2. The molecule has 1 unspecified atom stereocenters. The number of piperazine rings is 1. The minimum atomic E-state index is -0.870. The van der Waals surface area contributed by atoms with Crippen LogP contribution < -0.4 is 15.4 Å². The molecular weight excluding hydrogens is 286 g/mol. The molecule has 1 aromatic rings. The van der Waals surface area contributed by atoms with Crippen molar-refractivity contribution >= 4 is 17.7 Å². The van der Waals surface area contributed by atoms with Gasteiger partial charge in [-0.25, -0.2) is 4.79 Å². The summed E-state index contributed by atoms with van der Waals surface area (Å²) >= 11 is 0. The predicted molar refractivity (Wildman–Crippen MR) is 80.1 cm³/mol. The highest BCUT2D eigenvalue weighted by molar-refractivity contribution is 5.77. The highest BCUT2D eigenvalue weighted by Crippen LogP contribution is 2.31. The number of hydrogen-bond donors (Lipinski definition) is 2. The fourth-order valence-electron chi connectivity index (χ4n) is 2.90. The summed E-state index contributed by atoms with van der Waals surface area (Å²) in [5.74, 6) is 0.188. The lowest BCUT2D eigenvalue weighted by Gasteiger charge is -2.35. The summed E-state index contributed by atoms with van der Waals surface area (Å²) in [6, 6.07) is 5.91. The highest BCUT2D eigenvalue weighted by atomic mass is 16.5. The molecular formula is C15H19N3O4. The van der Waals surface area contributed by atoms with E-state index in [9.17, 15) is 9.59 Å². The molecule has 0 aliphatic carbocycles. The molecule has 7 nitrogen and oxygen atoms in total. The second kappa shape index (κ2) is 5.75. The Balaban J connectivity index is 1.70. The summed E-state index contributed by atoms with van der Waals surface area (Å²) in [5, 5.41) is 8.97. The van der Waals surface area contributed by atoms with Gasteiger partial charge in [0.2, 0.25) is 5.91 Å². The first-order valence-electron chi connectivity index (χ1n) is 7.32. The molecule has 2 aliphatic rings. The average Bonchev–Trinajstić information content (AvgIpc) is 2.54. The second-order valence-electron chi connectivity index (χ2n) is 5.66. The molecule has 3 N–H and O–H groups in total. The van der Waals surface area contributed by atoms with Crippen LogP contribution in [0.15, 0.2) is 18.2 Å². The normalized spacial score (nSPS) is 21.0. The lowest BCUT2D eigenvalue weighted by molar-refractivity contribution is -0.123. The van der Waals surface area contributed by atoms with Crippen molar-refractivity contribution in [1.82, 2.24) is 4.90 Å². The largest absolute Gasteiger partial charge is 0.492 e. The molecule has 0 bridgehead atoms. The number of carbonyl (C=O) groups excluding carboxylic acids is 1. The number of rotatable bonds is 2. The molecule has 1 atom stereocenters. The third kappa shape index (κ3) is 2.79. The molecule has 2 heterocycles. The van der Waals surface area contributed by atoms with Gasteiger partial charge in [-0.15, -0.1) is 0 Å². The monoisotopic (exact) mass is 305 g/mol. The van der Waals surface area contributed by atoms with Crippen LogP contribution in [0.4, 0.5) is 10.5 Å². The Kier molecular flexibility index (Phi) is 3.79. The van der Waals surface area contributed by atoms with E-state index in [4.69, 9.17) is 15.6 Å². The lowest BCUT2D eigenvalue weighted by Crippen LogP contribution is -2.48. The van der Waals surface area contributed by atoms with E-state index in [1.54, 1.807) is 0 Å². The summed E-state index contributed by atoms with van der Waals surface area (Å²) in [6.45, 7) is 2.64. The van der Waals surface area contributed by atoms with Gasteiger partial charge in [0.05, 0.1) is 5.92 Å². The highest BCUT2D eigenvalue weighted by Gasteiger charge is 2.26. The summed E-state index contributed by atoms with van der Waals surface area (Å²) in [4.78, 5) is 25.7. The number of carbonyl (C=O) groups is 2. The van der Waals surface area contributed by atoms with Gasteiger partial charge >= 0.3 is 6.09 Å². The zero-order valence-corrected chi connectivity index (χ0v) is 12.2. The molecule has 0 radical (unpaired) electrons. The zero-order chi connectivity index (χ0) is 15.7. The Labute approximate surface area is 128 Å². The van der Waals surface area contributed by atoms with Crippen LogP contribution in [0.25, 0.3) is 0 Å². The maximum atomic E-state index is 11.2. The number of fused-ring (bicyclic) bond motifs is 1. The van der Waals surface area contributed by atoms with Crippen LogP contribution >= 0.6 is 0 Å². The maximum Gasteiger partial charge on any atom is 0.407 e. The van der Waals surface area contributed by atoms with Crippen molar-refractivity contribution in [2.24, 2.45) is 11.7 Å². The molecule has 1 saturated heterocycles. The van der Waals surface area contributed by atoms with Crippen LogP contribution in [0.2, 0.25) is 0 Å². The van der Waals surface area contributed by atoms with Crippen LogP contribution in [0.3, 0.4) is 0 Å². The van der Waals surface area contributed by atoms with Crippen molar-refractivity contribution < 1.29 is 19.4 Å². The number of amides is 2. The number of ether oxygens (including phenoxy) is 1. The quantitative estimate of drug-likeness (QED) is 0.830. The van der Waals surface area contributed by atoms with Gasteiger partial charge < -0.3 is 25.4 Å². The second-order valence-corrected chi connectivity index (χ2v) is 5.66. The summed E-state index contributed by atoms with van der Waals surface area (Å²) in [5.41, 5.74) is 7.33. The minimum absolute atomic E-state index is 0.266. The van der Waals surface area contributed by atoms with Crippen LogP contribution in [-0.2, 0) is 11.2 Å². The number of primary amides is 1. The first-order chi connectivity index (χ1) is 10.5. The first kappa shape index (κ1) is 14.5. The van der Waals surface area contributed by atoms with Gasteiger partial charge in [0.25, 0.3) is 0 Å². The Morgan fingerprint density at radius 2 is 1.95 bits per heavy atom. The molecule has 1 aromatic carbocycles. The lowest BCUT2D eigenvalue weighted by atomic mass is 9.96. The molecule has 2 aliphatic heterocycles.